The number of carbonyl (C=O) groups is 1. The van der Waals surface area contributed by atoms with Crippen molar-refractivity contribution in [3.05, 3.63) is 68.4 Å². The third-order valence-corrected chi connectivity index (χ3v) is 5.18. The fourth-order valence-corrected chi connectivity index (χ4v) is 3.93. The Balaban J connectivity index is 1.64. The van der Waals surface area contributed by atoms with Gasteiger partial charge in [-0.05, 0) is 29.8 Å². The number of nitrogens with zero attached hydrogens (tertiary/aromatic N) is 3. The molecule has 0 radical (unpaired) electrons. The zero-order chi connectivity index (χ0) is 20.3. The first kappa shape index (κ1) is 20.3. The highest BCUT2D eigenvalue weighted by Gasteiger charge is 2.26. The first-order valence-corrected chi connectivity index (χ1v) is 9.59. The minimum Gasteiger partial charge on any atom is -0.355 e. The topological polar surface area (TPSA) is 76.9 Å². The van der Waals surface area contributed by atoms with E-state index in [9.17, 15) is 9.59 Å². The Labute approximate surface area is 172 Å². The van der Waals surface area contributed by atoms with Gasteiger partial charge in [-0.15, -0.1) is 5.10 Å². The van der Waals surface area contributed by atoms with Gasteiger partial charge in [0.15, 0.2) is 0 Å². The lowest BCUT2D eigenvalue weighted by Crippen LogP contribution is -2.38. The van der Waals surface area contributed by atoms with Crippen LogP contribution in [0.2, 0.25) is 10.0 Å². The molecule has 3 rings (SSSR count). The molecule has 0 aliphatic heterocycles. The van der Waals surface area contributed by atoms with E-state index in [-0.39, 0.29) is 24.4 Å². The maximum atomic E-state index is 12.4. The second-order valence-corrected chi connectivity index (χ2v) is 7.96. The number of aryl methyl sites for hydroxylation is 1. The highest BCUT2D eigenvalue weighted by Crippen LogP contribution is 2.35. The van der Waals surface area contributed by atoms with Crippen LogP contribution in [0.5, 0.6) is 0 Å². The molecule has 0 saturated heterocycles. The molecular weight excluding hydrogens is 399 g/mol. The average molecular weight is 419 g/mol. The van der Waals surface area contributed by atoms with Gasteiger partial charge in [-0.2, -0.15) is 0 Å². The fraction of sp³-hybridized carbons (Fsp3) is 0.300. The molecular formula is C20H20Cl2N4O2. The molecule has 1 N–H and O–H groups in total. The van der Waals surface area contributed by atoms with Crippen molar-refractivity contribution in [3.63, 3.8) is 0 Å². The molecule has 0 bridgehead atoms. The lowest BCUT2D eigenvalue weighted by molar-refractivity contribution is -0.121. The minimum absolute atomic E-state index is 0.110. The van der Waals surface area contributed by atoms with Gasteiger partial charge in [-0.1, -0.05) is 60.5 Å². The standard InChI is InChI=1S/C20H20Cl2N4O2/c1-20(2,18-14(21)7-5-8-15(18)22)12-23-17(27)10-11-26-19(28)13-6-3-4-9-16(13)24-25-26/h3-9H,10-12H2,1-2H3,(H,23,27). The summed E-state index contributed by atoms with van der Waals surface area (Å²) >= 11 is 12.6. The number of hydrogen-bond acceptors (Lipinski definition) is 4. The van der Waals surface area contributed by atoms with E-state index in [1.165, 1.54) is 4.68 Å². The molecule has 0 unspecified atom stereocenters. The minimum atomic E-state index is -0.454. The second kappa shape index (κ2) is 8.29. The lowest BCUT2D eigenvalue weighted by Gasteiger charge is -2.27. The van der Waals surface area contributed by atoms with E-state index < -0.39 is 5.41 Å². The van der Waals surface area contributed by atoms with E-state index in [2.05, 4.69) is 15.6 Å². The van der Waals surface area contributed by atoms with Crippen LogP contribution >= 0.6 is 23.2 Å². The van der Waals surface area contributed by atoms with Crippen molar-refractivity contribution >= 4 is 40.0 Å². The van der Waals surface area contributed by atoms with Crippen molar-refractivity contribution in [1.29, 1.82) is 0 Å². The number of fused-ring (bicyclic) bond motifs is 1. The smallest absolute Gasteiger partial charge is 0.277 e. The second-order valence-electron chi connectivity index (χ2n) is 7.14. The van der Waals surface area contributed by atoms with Crippen LogP contribution < -0.4 is 10.9 Å². The van der Waals surface area contributed by atoms with E-state index >= 15 is 0 Å². The van der Waals surface area contributed by atoms with Gasteiger partial charge in [0.25, 0.3) is 5.56 Å². The van der Waals surface area contributed by atoms with Crippen LogP contribution in [0.1, 0.15) is 25.8 Å². The molecule has 28 heavy (non-hydrogen) atoms. The molecule has 0 fully saturated rings. The largest absolute Gasteiger partial charge is 0.355 e. The first-order valence-electron chi connectivity index (χ1n) is 8.83. The molecule has 3 aromatic rings. The van der Waals surface area contributed by atoms with E-state index in [1.807, 2.05) is 13.8 Å². The Morgan fingerprint density at radius 3 is 2.50 bits per heavy atom. The Morgan fingerprint density at radius 1 is 1.11 bits per heavy atom. The molecule has 0 aliphatic carbocycles. The number of hydrogen-bond donors (Lipinski definition) is 1. The molecule has 2 aromatic carbocycles. The van der Waals surface area contributed by atoms with Gasteiger partial charge in [0.05, 0.1) is 11.9 Å². The van der Waals surface area contributed by atoms with Crippen molar-refractivity contribution in [2.75, 3.05) is 6.54 Å². The Morgan fingerprint density at radius 2 is 1.79 bits per heavy atom. The van der Waals surface area contributed by atoms with E-state index in [0.717, 1.165) is 5.56 Å². The van der Waals surface area contributed by atoms with Crippen molar-refractivity contribution in [3.8, 4) is 0 Å². The summed E-state index contributed by atoms with van der Waals surface area (Å²) in [7, 11) is 0. The number of rotatable bonds is 6. The quantitative estimate of drug-likeness (QED) is 0.663. The van der Waals surface area contributed by atoms with Crippen LogP contribution in [-0.2, 0) is 16.8 Å². The highest BCUT2D eigenvalue weighted by atomic mass is 35.5. The Bertz CT molecular complexity index is 1060. The van der Waals surface area contributed by atoms with Crippen LogP contribution in [-0.4, -0.2) is 27.4 Å². The molecule has 1 aromatic heterocycles. The highest BCUT2D eigenvalue weighted by molar-refractivity contribution is 6.36. The van der Waals surface area contributed by atoms with Crippen LogP contribution in [0, 0.1) is 0 Å². The number of carbonyl (C=O) groups excluding carboxylic acids is 1. The third-order valence-electron chi connectivity index (χ3n) is 4.55. The van der Waals surface area contributed by atoms with Crippen molar-refractivity contribution < 1.29 is 4.79 Å². The van der Waals surface area contributed by atoms with Crippen LogP contribution in [0.4, 0.5) is 0 Å². The summed E-state index contributed by atoms with van der Waals surface area (Å²) < 4.78 is 1.21. The average Bonchev–Trinajstić information content (AvgIpc) is 2.66. The Kier molecular flexibility index (Phi) is 6.01. The van der Waals surface area contributed by atoms with E-state index in [4.69, 9.17) is 23.2 Å². The number of aromatic nitrogens is 3. The normalized spacial score (nSPS) is 11.6. The zero-order valence-electron chi connectivity index (χ0n) is 15.6. The summed E-state index contributed by atoms with van der Waals surface area (Å²) in [6.45, 7) is 4.42. The molecule has 0 aliphatic rings. The number of benzene rings is 2. The monoisotopic (exact) mass is 418 g/mol. The summed E-state index contributed by atoms with van der Waals surface area (Å²) in [4.78, 5) is 24.7. The first-order chi connectivity index (χ1) is 13.3. The van der Waals surface area contributed by atoms with Gasteiger partial charge < -0.3 is 5.32 Å². The summed E-state index contributed by atoms with van der Waals surface area (Å²) in [5.41, 5.74) is 0.605. The maximum Gasteiger partial charge on any atom is 0.277 e. The molecule has 146 valence electrons. The fourth-order valence-electron chi connectivity index (χ4n) is 3.02. The number of amides is 1. The van der Waals surface area contributed by atoms with Crippen molar-refractivity contribution in [2.45, 2.75) is 32.2 Å². The SMILES string of the molecule is CC(C)(CNC(=O)CCn1nnc2ccccc2c1=O)c1c(Cl)cccc1Cl. The summed E-state index contributed by atoms with van der Waals surface area (Å²) in [5, 5.41) is 12.4. The Hall–Kier alpha value is -2.44. The van der Waals surface area contributed by atoms with Crippen molar-refractivity contribution in [1.82, 2.24) is 20.3 Å². The van der Waals surface area contributed by atoms with Crippen LogP contribution in [0.25, 0.3) is 10.9 Å². The molecule has 0 spiro atoms. The lowest BCUT2D eigenvalue weighted by atomic mass is 9.84. The molecule has 0 saturated carbocycles. The summed E-state index contributed by atoms with van der Waals surface area (Å²) in [6, 6.07) is 12.3. The molecule has 1 heterocycles. The van der Waals surface area contributed by atoms with Gasteiger partial charge in [0, 0.05) is 28.4 Å². The van der Waals surface area contributed by atoms with Gasteiger partial charge in [0.1, 0.15) is 5.52 Å². The molecule has 0 atom stereocenters. The molecule has 1 amide bonds. The van der Waals surface area contributed by atoms with Crippen molar-refractivity contribution in [2.24, 2.45) is 0 Å². The summed E-state index contributed by atoms with van der Waals surface area (Å²) in [5.74, 6) is -0.196. The molecule has 8 heteroatoms. The third kappa shape index (κ3) is 4.34. The van der Waals surface area contributed by atoms with E-state index in [1.54, 1.807) is 42.5 Å². The number of halogens is 2. The summed E-state index contributed by atoms with van der Waals surface area (Å²) in [6.07, 6.45) is 0.110. The van der Waals surface area contributed by atoms with E-state index in [0.29, 0.717) is 27.5 Å². The van der Waals surface area contributed by atoms with Gasteiger partial charge in [0.2, 0.25) is 5.91 Å². The van der Waals surface area contributed by atoms with Gasteiger partial charge in [-0.3, -0.25) is 9.59 Å². The maximum absolute atomic E-state index is 12.4. The predicted octanol–water partition coefficient (Wildman–Crippen LogP) is 3.58. The van der Waals surface area contributed by atoms with Crippen LogP contribution in [0.3, 0.4) is 0 Å². The van der Waals surface area contributed by atoms with Gasteiger partial charge in [-0.25, -0.2) is 4.68 Å². The molecule has 6 nitrogen and oxygen atoms in total. The van der Waals surface area contributed by atoms with Crippen LogP contribution in [0.15, 0.2) is 47.3 Å². The van der Waals surface area contributed by atoms with Gasteiger partial charge >= 0.3 is 0 Å². The predicted molar refractivity (Wildman–Crippen MR) is 111 cm³/mol. The zero-order valence-corrected chi connectivity index (χ0v) is 17.1. The number of nitrogens with one attached hydrogen (secondary N) is 1.